The molecule has 0 spiro atoms. The lowest BCUT2D eigenvalue weighted by Gasteiger charge is -2.24. The van der Waals surface area contributed by atoms with Crippen molar-refractivity contribution < 1.29 is 4.39 Å². The zero-order valence-electron chi connectivity index (χ0n) is 11.3. The van der Waals surface area contributed by atoms with Crippen LogP contribution in [0.5, 0.6) is 0 Å². The third-order valence-electron chi connectivity index (χ3n) is 2.89. The van der Waals surface area contributed by atoms with E-state index in [9.17, 15) is 4.39 Å². The average Bonchev–Trinajstić information content (AvgIpc) is 2.75. The molecular weight excluding hydrogens is 265 g/mol. The first-order chi connectivity index (χ1) is 8.93. The highest BCUT2D eigenvalue weighted by Crippen LogP contribution is 2.22. The van der Waals surface area contributed by atoms with Crippen LogP contribution in [0.2, 0.25) is 0 Å². The summed E-state index contributed by atoms with van der Waals surface area (Å²) in [5.74, 6) is 1.51. The highest BCUT2D eigenvalue weighted by Gasteiger charge is 2.23. The van der Waals surface area contributed by atoms with Crippen LogP contribution in [0.25, 0.3) is 0 Å². The normalized spacial score (nSPS) is 11.8. The fraction of sp³-hybridized carbons (Fsp3) is 0.429. The molecule has 1 aromatic heterocycles. The molecule has 0 aliphatic heterocycles. The summed E-state index contributed by atoms with van der Waals surface area (Å²) in [6, 6.07) is 6.71. The molecule has 0 N–H and O–H groups in total. The summed E-state index contributed by atoms with van der Waals surface area (Å²) in [7, 11) is 0. The topological polar surface area (TPSA) is 30.7 Å². The van der Waals surface area contributed by atoms with Crippen LogP contribution >= 0.6 is 11.6 Å². The number of alkyl halides is 1. The first-order valence-corrected chi connectivity index (χ1v) is 6.70. The van der Waals surface area contributed by atoms with E-state index in [0.717, 1.165) is 5.82 Å². The van der Waals surface area contributed by atoms with Gasteiger partial charge in [-0.2, -0.15) is 0 Å². The van der Waals surface area contributed by atoms with Gasteiger partial charge in [-0.1, -0.05) is 18.2 Å². The van der Waals surface area contributed by atoms with Crippen molar-refractivity contribution >= 4 is 11.6 Å². The van der Waals surface area contributed by atoms with E-state index in [4.69, 9.17) is 11.6 Å². The maximum atomic E-state index is 13.7. The molecule has 2 rings (SSSR count). The van der Waals surface area contributed by atoms with Crippen LogP contribution in [-0.4, -0.2) is 14.8 Å². The van der Waals surface area contributed by atoms with Gasteiger partial charge in [0.15, 0.2) is 0 Å². The van der Waals surface area contributed by atoms with Gasteiger partial charge in [0.05, 0.1) is 5.88 Å². The van der Waals surface area contributed by atoms with Gasteiger partial charge < -0.3 is 4.57 Å². The molecule has 2 aromatic rings. The fourth-order valence-corrected chi connectivity index (χ4v) is 2.31. The lowest BCUT2D eigenvalue weighted by Crippen LogP contribution is -2.26. The summed E-state index contributed by atoms with van der Waals surface area (Å²) >= 11 is 5.89. The minimum Gasteiger partial charge on any atom is -0.308 e. The molecule has 0 saturated carbocycles. The van der Waals surface area contributed by atoms with Crippen molar-refractivity contribution in [3.05, 3.63) is 47.3 Å². The number of aromatic nitrogens is 3. The molecule has 0 fully saturated rings. The molecule has 1 aromatic carbocycles. The average molecular weight is 282 g/mol. The van der Waals surface area contributed by atoms with E-state index in [1.807, 2.05) is 10.6 Å². The van der Waals surface area contributed by atoms with Gasteiger partial charge in [0.1, 0.15) is 17.5 Å². The Kier molecular flexibility index (Phi) is 3.90. The third-order valence-corrected chi connectivity index (χ3v) is 3.13. The Labute approximate surface area is 117 Å². The number of hydrogen-bond acceptors (Lipinski definition) is 2. The van der Waals surface area contributed by atoms with Crippen molar-refractivity contribution in [1.82, 2.24) is 14.8 Å². The van der Waals surface area contributed by atoms with Gasteiger partial charge in [0.25, 0.3) is 0 Å². The summed E-state index contributed by atoms with van der Waals surface area (Å²) in [6.07, 6.45) is 0.411. The minimum absolute atomic E-state index is 0.186. The molecule has 0 unspecified atom stereocenters. The molecule has 0 aliphatic carbocycles. The van der Waals surface area contributed by atoms with Crippen molar-refractivity contribution in [2.24, 2.45) is 0 Å². The van der Waals surface area contributed by atoms with Crippen molar-refractivity contribution in [2.75, 3.05) is 0 Å². The molecule has 0 radical (unpaired) electrons. The molecule has 19 heavy (non-hydrogen) atoms. The lowest BCUT2D eigenvalue weighted by molar-refractivity contribution is 0.374. The predicted molar refractivity (Wildman–Crippen MR) is 73.8 cm³/mol. The third kappa shape index (κ3) is 2.95. The smallest absolute Gasteiger partial charge is 0.148 e. The molecule has 0 saturated heterocycles. The molecule has 5 heteroatoms. The fourth-order valence-electron chi connectivity index (χ4n) is 2.14. The van der Waals surface area contributed by atoms with Gasteiger partial charge in [-0.05, 0) is 32.4 Å². The van der Waals surface area contributed by atoms with Crippen LogP contribution in [0, 0.1) is 5.82 Å². The summed E-state index contributed by atoms with van der Waals surface area (Å²) in [4.78, 5) is 0. The highest BCUT2D eigenvalue weighted by atomic mass is 35.5. The summed E-state index contributed by atoms with van der Waals surface area (Å²) < 4.78 is 15.7. The molecular formula is C14H17ClFN3. The monoisotopic (exact) mass is 281 g/mol. The van der Waals surface area contributed by atoms with E-state index < -0.39 is 0 Å². The zero-order valence-corrected chi connectivity index (χ0v) is 12.1. The Morgan fingerprint density at radius 3 is 2.37 bits per heavy atom. The van der Waals surface area contributed by atoms with E-state index >= 15 is 0 Å². The summed E-state index contributed by atoms with van der Waals surface area (Å²) in [5, 5.41) is 8.24. The van der Waals surface area contributed by atoms with E-state index in [1.165, 1.54) is 6.07 Å². The van der Waals surface area contributed by atoms with Gasteiger partial charge in [0.2, 0.25) is 0 Å². The van der Waals surface area contributed by atoms with E-state index in [1.54, 1.807) is 12.1 Å². The quantitative estimate of drug-likeness (QED) is 0.806. The number of nitrogens with zero attached hydrogens (tertiary/aromatic N) is 3. The van der Waals surface area contributed by atoms with Crippen molar-refractivity contribution in [3.8, 4) is 0 Å². The molecule has 0 amide bonds. The first-order valence-electron chi connectivity index (χ1n) is 6.16. The van der Waals surface area contributed by atoms with E-state index in [0.29, 0.717) is 23.7 Å². The van der Waals surface area contributed by atoms with Gasteiger partial charge in [-0.15, -0.1) is 21.8 Å². The Morgan fingerprint density at radius 2 is 1.79 bits per heavy atom. The van der Waals surface area contributed by atoms with E-state index in [2.05, 4.69) is 31.0 Å². The van der Waals surface area contributed by atoms with Crippen LogP contribution in [0.4, 0.5) is 4.39 Å². The predicted octanol–water partition coefficient (Wildman–Crippen LogP) is 3.50. The van der Waals surface area contributed by atoms with Gasteiger partial charge in [0, 0.05) is 12.0 Å². The maximum absolute atomic E-state index is 13.7. The number of halogens is 2. The Morgan fingerprint density at radius 1 is 1.16 bits per heavy atom. The van der Waals surface area contributed by atoms with Crippen LogP contribution in [0.15, 0.2) is 24.3 Å². The largest absolute Gasteiger partial charge is 0.308 e. The van der Waals surface area contributed by atoms with Gasteiger partial charge >= 0.3 is 0 Å². The second-order valence-corrected chi connectivity index (χ2v) is 5.71. The first kappa shape index (κ1) is 14.0. The van der Waals surface area contributed by atoms with Crippen LogP contribution in [0.1, 0.15) is 38.0 Å². The Hall–Kier alpha value is -1.42. The number of hydrogen-bond donors (Lipinski definition) is 0. The number of rotatable bonds is 3. The Balaban J connectivity index is 2.42. The zero-order chi connectivity index (χ0) is 14.0. The Bertz CT molecular complexity index is 572. The second-order valence-electron chi connectivity index (χ2n) is 5.44. The van der Waals surface area contributed by atoms with E-state index in [-0.39, 0.29) is 11.4 Å². The molecule has 0 atom stereocenters. The van der Waals surface area contributed by atoms with Gasteiger partial charge in [-0.25, -0.2) is 4.39 Å². The van der Waals surface area contributed by atoms with Crippen molar-refractivity contribution in [1.29, 1.82) is 0 Å². The SMILES string of the molecule is CC(C)(C)n1c(CCl)nnc1Cc1ccccc1F. The van der Waals surface area contributed by atoms with Crippen molar-refractivity contribution in [3.63, 3.8) is 0 Å². The van der Waals surface area contributed by atoms with Gasteiger partial charge in [-0.3, -0.25) is 0 Å². The van der Waals surface area contributed by atoms with Crippen molar-refractivity contribution in [2.45, 2.75) is 38.6 Å². The standard InChI is InChI=1S/C14H17ClFN3/c1-14(2,3)19-12(17-18-13(19)9-15)8-10-6-4-5-7-11(10)16/h4-7H,8-9H2,1-3H3. The molecule has 3 nitrogen and oxygen atoms in total. The molecule has 102 valence electrons. The maximum Gasteiger partial charge on any atom is 0.148 e. The molecule has 0 aliphatic rings. The number of benzene rings is 1. The molecule has 1 heterocycles. The van der Waals surface area contributed by atoms with Crippen LogP contribution < -0.4 is 0 Å². The lowest BCUT2D eigenvalue weighted by atomic mass is 10.1. The second kappa shape index (κ2) is 5.29. The van der Waals surface area contributed by atoms with Crippen LogP contribution in [0.3, 0.4) is 0 Å². The highest BCUT2D eigenvalue weighted by molar-refractivity contribution is 6.16. The summed E-state index contributed by atoms with van der Waals surface area (Å²) in [6.45, 7) is 6.16. The minimum atomic E-state index is -0.224. The summed E-state index contributed by atoms with van der Waals surface area (Å²) in [5.41, 5.74) is 0.426. The molecule has 0 bridgehead atoms. The van der Waals surface area contributed by atoms with Crippen LogP contribution in [-0.2, 0) is 17.8 Å².